The smallest absolute Gasteiger partial charge is 0.278 e. The second-order valence-electron chi connectivity index (χ2n) is 6.41. The van der Waals surface area contributed by atoms with E-state index in [-0.39, 0.29) is 16.3 Å². The number of alkyl halides is 3. The van der Waals surface area contributed by atoms with Crippen LogP contribution in [-0.2, 0) is 16.2 Å². The average molecular weight is 433 g/mol. The monoisotopic (exact) mass is 433 g/mol. The first-order valence-electron chi connectivity index (χ1n) is 8.53. The van der Waals surface area contributed by atoms with Crippen LogP contribution in [0.3, 0.4) is 0 Å². The summed E-state index contributed by atoms with van der Waals surface area (Å²) in [6.45, 7) is 0. The Morgan fingerprint density at radius 1 is 0.967 bits per heavy atom. The third-order valence-corrected chi connectivity index (χ3v) is 5.31. The van der Waals surface area contributed by atoms with Crippen molar-refractivity contribution in [1.29, 1.82) is 0 Å². The maximum Gasteiger partial charge on any atom is 0.435 e. The molecule has 11 heteroatoms. The van der Waals surface area contributed by atoms with Crippen LogP contribution in [0.2, 0.25) is 0 Å². The largest absolute Gasteiger partial charge is 0.435 e. The minimum absolute atomic E-state index is 0.155. The summed E-state index contributed by atoms with van der Waals surface area (Å²) in [7, 11) is -3.93. The van der Waals surface area contributed by atoms with Crippen LogP contribution in [-0.4, -0.2) is 28.4 Å². The molecule has 30 heavy (non-hydrogen) atoms. The highest BCUT2D eigenvalue weighted by molar-refractivity contribution is 7.89. The van der Waals surface area contributed by atoms with Gasteiger partial charge in [-0.15, -0.1) is 0 Å². The second-order valence-corrected chi connectivity index (χ2v) is 7.98. The van der Waals surface area contributed by atoms with Gasteiger partial charge < -0.3 is 0 Å². The Hall–Kier alpha value is -3.44. The number of nitrogens with one attached hydrogen (secondary N) is 1. The summed E-state index contributed by atoms with van der Waals surface area (Å²) in [5, 5.41) is 15.5. The molecule has 0 aliphatic carbocycles. The molecule has 0 aliphatic heterocycles. The topological polar surface area (TPSA) is 107 Å². The van der Waals surface area contributed by atoms with E-state index in [1.165, 1.54) is 24.3 Å². The van der Waals surface area contributed by atoms with Crippen LogP contribution in [0.4, 0.5) is 13.2 Å². The molecular formula is C19H14F3N5O2S. The first-order valence-corrected chi connectivity index (χ1v) is 10.1. The molecule has 0 saturated carbocycles. The van der Waals surface area contributed by atoms with E-state index in [1.54, 1.807) is 36.5 Å². The molecule has 2 heterocycles. The summed E-state index contributed by atoms with van der Waals surface area (Å²) in [6.07, 6.45) is -3.08. The van der Waals surface area contributed by atoms with Gasteiger partial charge in [-0.1, -0.05) is 18.2 Å². The summed E-state index contributed by atoms with van der Waals surface area (Å²) in [6, 6.07) is 14.7. The molecule has 3 N–H and O–H groups in total. The van der Waals surface area contributed by atoms with E-state index in [9.17, 15) is 21.6 Å². The van der Waals surface area contributed by atoms with Crippen LogP contribution in [0.1, 0.15) is 5.69 Å². The molecule has 2 aromatic heterocycles. The van der Waals surface area contributed by atoms with Crippen molar-refractivity contribution in [3.63, 3.8) is 0 Å². The number of primary sulfonamides is 1. The highest BCUT2D eigenvalue weighted by Gasteiger charge is 2.35. The van der Waals surface area contributed by atoms with E-state index < -0.39 is 21.9 Å². The van der Waals surface area contributed by atoms with Gasteiger partial charge in [0.15, 0.2) is 5.69 Å². The first kappa shape index (κ1) is 19.9. The average Bonchev–Trinajstić information content (AvgIpc) is 3.37. The number of nitrogens with two attached hydrogens (primary N) is 1. The Morgan fingerprint density at radius 3 is 2.27 bits per heavy atom. The van der Waals surface area contributed by atoms with Gasteiger partial charge in [-0.05, 0) is 42.5 Å². The number of hydrogen-bond acceptors (Lipinski definition) is 4. The summed E-state index contributed by atoms with van der Waals surface area (Å²) < 4.78 is 64.1. The third kappa shape index (κ3) is 3.84. The molecule has 0 spiro atoms. The molecule has 4 aromatic rings. The number of rotatable bonds is 4. The minimum Gasteiger partial charge on any atom is -0.278 e. The fraction of sp³-hybridized carbons (Fsp3) is 0.0526. The molecule has 0 atom stereocenters. The van der Waals surface area contributed by atoms with Crippen molar-refractivity contribution >= 4 is 10.0 Å². The van der Waals surface area contributed by atoms with Gasteiger partial charge in [0.25, 0.3) is 0 Å². The van der Waals surface area contributed by atoms with Crippen LogP contribution < -0.4 is 5.14 Å². The number of halogens is 3. The summed E-state index contributed by atoms with van der Waals surface area (Å²) in [4.78, 5) is -0.155. The van der Waals surface area contributed by atoms with Gasteiger partial charge in [0.2, 0.25) is 10.0 Å². The maximum atomic E-state index is 13.4. The molecule has 0 fully saturated rings. The van der Waals surface area contributed by atoms with Crippen molar-refractivity contribution in [1.82, 2.24) is 20.0 Å². The normalized spacial score (nSPS) is 12.3. The standard InChI is InChI=1S/C19H14F3N5O2S/c20-19(21,22)18-11-17(13-3-1-2-12(10-13)16-8-9-24-25-16)27(26-18)14-4-6-15(7-5-14)30(23,28)29/h1-11H,(H,24,25)(H2,23,28,29). The molecular weight excluding hydrogens is 419 g/mol. The molecule has 7 nitrogen and oxygen atoms in total. The number of aromatic nitrogens is 4. The van der Waals surface area contributed by atoms with E-state index in [0.29, 0.717) is 11.3 Å². The number of hydrogen-bond donors (Lipinski definition) is 2. The molecule has 0 bridgehead atoms. The second kappa shape index (κ2) is 7.11. The number of nitrogens with zero attached hydrogens (tertiary/aromatic N) is 3. The van der Waals surface area contributed by atoms with Crippen molar-refractivity contribution in [2.45, 2.75) is 11.1 Å². The molecule has 4 rings (SSSR count). The summed E-state index contributed by atoms with van der Waals surface area (Å²) in [5.74, 6) is 0. The lowest BCUT2D eigenvalue weighted by Gasteiger charge is -2.09. The Balaban J connectivity index is 1.86. The van der Waals surface area contributed by atoms with Gasteiger partial charge in [-0.25, -0.2) is 18.2 Å². The van der Waals surface area contributed by atoms with Crippen LogP contribution >= 0.6 is 0 Å². The number of H-pyrrole nitrogens is 1. The number of benzene rings is 2. The summed E-state index contributed by atoms with van der Waals surface area (Å²) >= 11 is 0. The Morgan fingerprint density at radius 2 is 1.67 bits per heavy atom. The molecule has 0 amide bonds. The lowest BCUT2D eigenvalue weighted by Crippen LogP contribution is -2.12. The zero-order valence-corrected chi connectivity index (χ0v) is 15.9. The zero-order valence-electron chi connectivity index (χ0n) is 15.1. The Kier molecular flexibility index (Phi) is 4.71. The minimum atomic E-state index is -4.65. The van der Waals surface area contributed by atoms with Gasteiger partial charge in [0, 0.05) is 17.3 Å². The fourth-order valence-electron chi connectivity index (χ4n) is 2.96. The quantitative estimate of drug-likeness (QED) is 0.513. The van der Waals surface area contributed by atoms with Gasteiger partial charge in [-0.2, -0.15) is 23.4 Å². The predicted molar refractivity (Wildman–Crippen MR) is 103 cm³/mol. The highest BCUT2D eigenvalue weighted by Crippen LogP contribution is 2.34. The van der Waals surface area contributed by atoms with Crippen molar-refractivity contribution in [2.24, 2.45) is 5.14 Å². The van der Waals surface area contributed by atoms with Crippen LogP contribution in [0, 0.1) is 0 Å². The van der Waals surface area contributed by atoms with E-state index in [4.69, 9.17) is 5.14 Å². The lowest BCUT2D eigenvalue weighted by atomic mass is 10.1. The predicted octanol–water partition coefficient (Wildman–Crippen LogP) is 3.60. The lowest BCUT2D eigenvalue weighted by molar-refractivity contribution is -0.141. The van der Waals surface area contributed by atoms with Crippen molar-refractivity contribution < 1.29 is 21.6 Å². The van der Waals surface area contributed by atoms with Crippen molar-refractivity contribution in [3.8, 4) is 28.2 Å². The molecule has 154 valence electrons. The zero-order chi connectivity index (χ0) is 21.5. The van der Waals surface area contributed by atoms with E-state index in [2.05, 4.69) is 15.3 Å². The van der Waals surface area contributed by atoms with Crippen LogP contribution in [0.25, 0.3) is 28.2 Å². The van der Waals surface area contributed by atoms with Gasteiger partial charge >= 0.3 is 6.18 Å². The first-order chi connectivity index (χ1) is 14.1. The van der Waals surface area contributed by atoms with Gasteiger partial charge in [0.1, 0.15) is 0 Å². The maximum absolute atomic E-state index is 13.4. The van der Waals surface area contributed by atoms with Crippen molar-refractivity contribution in [2.75, 3.05) is 0 Å². The van der Waals surface area contributed by atoms with Gasteiger partial charge in [0.05, 0.1) is 22.0 Å². The molecule has 0 saturated heterocycles. The molecule has 0 radical (unpaired) electrons. The van der Waals surface area contributed by atoms with E-state index in [0.717, 1.165) is 16.3 Å². The molecule has 0 unspecified atom stereocenters. The van der Waals surface area contributed by atoms with Crippen molar-refractivity contribution in [3.05, 3.63) is 72.6 Å². The Bertz CT molecular complexity index is 1290. The van der Waals surface area contributed by atoms with Gasteiger partial charge in [-0.3, -0.25) is 5.10 Å². The SMILES string of the molecule is NS(=O)(=O)c1ccc(-n2nc(C(F)(F)F)cc2-c2cccc(-c3ccn[nH]3)c2)cc1. The van der Waals surface area contributed by atoms with Crippen LogP contribution in [0.15, 0.2) is 71.8 Å². The highest BCUT2D eigenvalue weighted by atomic mass is 32.2. The van der Waals surface area contributed by atoms with E-state index >= 15 is 0 Å². The Labute approximate surface area is 169 Å². The van der Waals surface area contributed by atoms with E-state index in [1.807, 2.05) is 0 Å². The third-order valence-electron chi connectivity index (χ3n) is 4.38. The molecule has 2 aromatic carbocycles. The number of sulfonamides is 1. The number of aromatic amines is 1. The van der Waals surface area contributed by atoms with Crippen LogP contribution in [0.5, 0.6) is 0 Å². The molecule has 0 aliphatic rings. The summed E-state index contributed by atoms with van der Waals surface area (Å²) in [5.41, 5.74) is 1.29. The fourth-order valence-corrected chi connectivity index (χ4v) is 3.48.